The van der Waals surface area contributed by atoms with E-state index in [1.807, 2.05) is 30.3 Å². The van der Waals surface area contributed by atoms with Gasteiger partial charge in [-0.1, -0.05) is 44.2 Å². The fraction of sp³-hybridized carbons (Fsp3) is 0.296. The first-order valence-electron chi connectivity index (χ1n) is 10.7. The van der Waals surface area contributed by atoms with E-state index in [9.17, 15) is 9.90 Å². The molecule has 2 atom stereocenters. The molecule has 0 radical (unpaired) electrons. The van der Waals surface area contributed by atoms with Crippen LogP contribution in [0.2, 0.25) is 0 Å². The Morgan fingerprint density at radius 1 is 0.781 bits per heavy atom. The van der Waals surface area contributed by atoms with E-state index in [1.165, 1.54) is 0 Å². The van der Waals surface area contributed by atoms with Gasteiger partial charge in [0.1, 0.15) is 0 Å². The minimum absolute atomic E-state index is 0.150. The molecule has 0 aromatic heterocycles. The van der Waals surface area contributed by atoms with Gasteiger partial charge >= 0.3 is 5.97 Å². The predicted octanol–water partition coefficient (Wildman–Crippen LogP) is 5.69. The van der Waals surface area contributed by atoms with Crippen molar-refractivity contribution >= 4 is 5.97 Å². The van der Waals surface area contributed by atoms with E-state index in [-0.39, 0.29) is 5.75 Å². The normalized spacial score (nSPS) is 12.6. The first kappa shape index (κ1) is 23.2. The van der Waals surface area contributed by atoms with Crippen LogP contribution in [-0.4, -0.2) is 25.3 Å². The number of aromatic hydroxyl groups is 1. The van der Waals surface area contributed by atoms with Crippen LogP contribution >= 0.6 is 0 Å². The average molecular weight is 435 g/mol. The van der Waals surface area contributed by atoms with Crippen LogP contribution in [0.25, 0.3) is 0 Å². The molecule has 0 saturated heterocycles. The molecule has 0 bridgehead atoms. The molecule has 0 spiro atoms. The Kier molecular flexibility index (Phi) is 7.77. The van der Waals surface area contributed by atoms with Gasteiger partial charge in [0.2, 0.25) is 0 Å². The van der Waals surface area contributed by atoms with E-state index >= 15 is 0 Å². The maximum Gasteiger partial charge on any atom is 0.343 e. The minimum atomic E-state index is -0.414. The minimum Gasteiger partial charge on any atom is -0.504 e. The fourth-order valence-electron chi connectivity index (χ4n) is 3.65. The average Bonchev–Trinajstić information content (AvgIpc) is 2.81. The van der Waals surface area contributed by atoms with Crippen molar-refractivity contribution in [2.75, 3.05) is 14.2 Å². The molecule has 0 heterocycles. The third-order valence-corrected chi connectivity index (χ3v) is 5.77. The number of benzene rings is 3. The first-order valence-corrected chi connectivity index (χ1v) is 10.7. The van der Waals surface area contributed by atoms with Crippen molar-refractivity contribution in [2.24, 2.45) is 11.8 Å². The lowest BCUT2D eigenvalue weighted by Crippen LogP contribution is -2.14. The molecule has 0 aliphatic heterocycles. The van der Waals surface area contributed by atoms with Crippen LogP contribution in [0.5, 0.6) is 23.0 Å². The Balaban J connectivity index is 1.65. The van der Waals surface area contributed by atoms with Gasteiger partial charge in [0, 0.05) is 0 Å². The molecule has 3 aromatic carbocycles. The Morgan fingerprint density at radius 2 is 1.34 bits per heavy atom. The largest absolute Gasteiger partial charge is 0.504 e. The Labute approximate surface area is 189 Å². The summed E-state index contributed by atoms with van der Waals surface area (Å²) in [6.45, 7) is 4.44. The van der Waals surface area contributed by atoms with Crippen molar-refractivity contribution < 1.29 is 24.1 Å². The maximum absolute atomic E-state index is 12.4. The molecule has 168 valence electrons. The number of methoxy groups -OCH3 is 2. The molecular weight excluding hydrogens is 404 g/mol. The van der Waals surface area contributed by atoms with Gasteiger partial charge in [0.05, 0.1) is 19.8 Å². The lowest BCUT2D eigenvalue weighted by Gasteiger charge is -2.21. The third-order valence-electron chi connectivity index (χ3n) is 5.77. The Bertz CT molecular complexity index is 1050. The summed E-state index contributed by atoms with van der Waals surface area (Å²) in [5.74, 6) is 1.98. The SMILES string of the molecule is COc1cc(C[C@@H](C)[C@@H](C)Cc2ccc(OC(=O)c3ccccc3)c(OC)c2)ccc1O. The van der Waals surface area contributed by atoms with Crippen molar-refractivity contribution in [3.05, 3.63) is 83.4 Å². The standard InChI is InChI=1S/C27H30O5/c1-18(14-20-10-12-23(28)25(16-20)30-3)19(2)15-21-11-13-24(26(17-21)31-4)32-27(29)22-8-6-5-7-9-22/h5-13,16-19,28H,14-15H2,1-4H3/t18-,19+/m1/s1. The molecule has 0 saturated carbocycles. The summed E-state index contributed by atoms with van der Waals surface area (Å²) in [7, 11) is 3.13. The number of hydrogen-bond acceptors (Lipinski definition) is 5. The zero-order valence-corrected chi connectivity index (χ0v) is 19.0. The molecule has 0 aliphatic rings. The molecule has 32 heavy (non-hydrogen) atoms. The maximum atomic E-state index is 12.4. The monoisotopic (exact) mass is 434 g/mol. The molecule has 0 fully saturated rings. The van der Waals surface area contributed by atoms with Crippen LogP contribution < -0.4 is 14.2 Å². The number of carbonyl (C=O) groups is 1. The van der Waals surface area contributed by atoms with Gasteiger partial charge < -0.3 is 19.3 Å². The number of esters is 1. The number of phenols is 1. The second kappa shape index (κ2) is 10.7. The molecule has 0 amide bonds. The molecule has 3 aromatic rings. The fourth-order valence-corrected chi connectivity index (χ4v) is 3.65. The lowest BCUT2D eigenvalue weighted by molar-refractivity contribution is 0.0729. The summed E-state index contributed by atoms with van der Waals surface area (Å²) in [6.07, 6.45) is 1.74. The number of ether oxygens (including phenoxy) is 3. The molecule has 3 rings (SSSR count). The molecule has 0 aliphatic carbocycles. The van der Waals surface area contributed by atoms with Gasteiger partial charge in [-0.25, -0.2) is 4.79 Å². The van der Waals surface area contributed by atoms with Gasteiger partial charge in [-0.15, -0.1) is 0 Å². The summed E-state index contributed by atoms with van der Waals surface area (Å²) in [4.78, 5) is 12.4. The zero-order chi connectivity index (χ0) is 23.1. The van der Waals surface area contributed by atoms with E-state index in [0.717, 1.165) is 24.0 Å². The summed E-state index contributed by atoms with van der Waals surface area (Å²) in [6, 6.07) is 20.1. The number of hydrogen-bond donors (Lipinski definition) is 1. The second-order valence-electron chi connectivity index (χ2n) is 8.11. The summed E-state index contributed by atoms with van der Waals surface area (Å²) < 4.78 is 16.2. The van der Waals surface area contributed by atoms with Crippen LogP contribution in [-0.2, 0) is 12.8 Å². The second-order valence-corrected chi connectivity index (χ2v) is 8.11. The molecule has 1 N–H and O–H groups in total. The van der Waals surface area contributed by atoms with E-state index in [1.54, 1.807) is 50.6 Å². The van der Waals surface area contributed by atoms with E-state index in [2.05, 4.69) is 13.8 Å². The number of phenolic OH excluding ortho intramolecular Hbond substituents is 1. The topological polar surface area (TPSA) is 65.0 Å². The Hall–Kier alpha value is -3.47. The van der Waals surface area contributed by atoms with Gasteiger partial charge in [0.15, 0.2) is 23.0 Å². The zero-order valence-electron chi connectivity index (χ0n) is 19.0. The van der Waals surface area contributed by atoms with Gasteiger partial charge in [-0.05, 0) is 72.2 Å². The van der Waals surface area contributed by atoms with Gasteiger partial charge in [-0.3, -0.25) is 0 Å². The molecular formula is C27H30O5. The third kappa shape index (κ3) is 5.82. The first-order chi connectivity index (χ1) is 15.4. The quantitative estimate of drug-likeness (QED) is 0.346. The van der Waals surface area contributed by atoms with E-state index in [4.69, 9.17) is 14.2 Å². The van der Waals surface area contributed by atoms with Crippen molar-refractivity contribution in [1.82, 2.24) is 0 Å². The van der Waals surface area contributed by atoms with Crippen LogP contribution in [0.3, 0.4) is 0 Å². The summed E-state index contributed by atoms with van der Waals surface area (Å²) in [5, 5.41) is 9.80. The highest BCUT2D eigenvalue weighted by Gasteiger charge is 2.17. The van der Waals surface area contributed by atoms with Crippen molar-refractivity contribution in [3.63, 3.8) is 0 Å². The van der Waals surface area contributed by atoms with E-state index in [0.29, 0.717) is 34.6 Å². The van der Waals surface area contributed by atoms with Crippen molar-refractivity contribution in [3.8, 4) is 23.0 Å². The van der Waals surface area contributed by atoms with Crippen molar-refractivity contribution in [1.29, 1.82) is 0 Å². The van der Waals surface area contributed by atoms with Crippen LogP contribution in [0.15, 0.2) is 66.7 Å². The smallest absolute Gasteiger partial charge is 0.343 e. The molecule has 5 heteroatoms. The Morgan fingerprint density at radius 3 is 1.94 bits per heavy atom. The van der Waals surface area contributed by atoms with Gasteiger partial charge in [-0.2, -0.15) is 0 Å². The lowest BCUT2D eigenvalue weighted by atomic mass is 9.85. The molecule has 0 unspecified atom stereocenters. The van der Waals surface area contributed by atoms with Crippen LogP contribution in [0.1, 0.15) is 35.3 Å². The van der Waals surface area contributed by atoms with Crippen LogP contribution in [0.4, 0.5) is 0 Å². The van der Waals surface area contributed by atoms with Gasteiger partial charge in [0.25, 0.3) is 0 Å². The summed E-state index contributed by atoms with van der Waals surface area (Å²) >= 11 is 0. The van der Waals surface area contributed by atoms with Crippen molar-refractivity contribution in [2.45, 2.75) is 26.7 Å². The highest BCUT2D eigenvalue weighted by molar-refractivity contribution is 5.91. The predicted molar refractivity (Wildman–Crippen MR) is 125 cm³/mol. The van der Waals surface area contributed by atoms with E-state index < -0.39 is 5.97 Å². The highest BCUT2D eigenvalue weighted by atomic mass is 16.6. The number of rotatable bonds is 9. The number of carbonyl (C=O) groups excluding carboxylic acids is 1. The summed E-state index contributed by atoms with van der Waals surface area (Å²) in [5.41, 5.74) is 2.73. The highest BCUT2D eigenvalue weighted by Crippen LogP contribution is 2.32. The van der Waals surface area contributed by atoms with Crippen LogP contribution in [0, 0.1) is 11.8 Å². The molecule has 5 nitrogen and oxygen atoms in total.